The Morgan fingerprint density at radius 3 is 2.95 bits per heavy atom. The lowest BCUT2D eigenvalue weighted by molar-refractivity contribution is -0.112. The number of amides is 1. The average Bonchev–Trinajstić information content (AvgIpc) is 2.66. The zero-order chi connectivity index (χ0) is 13.6. The highest BCUT2D eigenvalue weighted by Crippen LogP contribution is 2.37. The summed E-state index contributed by atoms with van der Waals surface area (Å²) in [5, 5.41) is 3.12. The Bertz CT molecular complexity index is 576. The number of fused-ring (bicyclic) bond motifs is 1. The van der Waals surface area contributed by atoms with Crippen LogP contribution >= 0.6 is 23.4 Å². The van der Waals surface area contributed by atoms with Crippen molar-refractivity contribution in [1.82, 2.24) is 0 Å². The maximum atomic E-state index is 11.6. The summed E-state index contributed by atoms with van der Waals surface area (Å²) in [6, 6.07) is 3.80. The predicted octanol–water partition coefficient (Wildman–Crippen LogP) is 2.42. The number of Topliss-reactive ketones (excluding diaryl/α,β-unsaturated/α-hetero) is 1. The molecule has 0 bridgehead atoms. The Hall–Kier alpha value is -1.20. The monoisotopic (exact) mass is 296 g/mol. The lowest BCUT2D eigenvalue weighted by Crippen LogP contribution is -2.40. The van der Waals surface area contributed by atoms with Gasteiger partial charge in [0, 0.05) is 24.1 Å². The summed E-state index contributed by atoms with van der Waals surface area (Å²) in [5.74, 6) is 1.03. The molecule has 100 valence electrons. The van der Waals surface area contributed by atoms with E-state index in [0.29, 0.717) is 22.3 Å². The molecule has 1 saturated heterocycles. The van der Waals surface area contributed by atoms with Gasteiger partial charge in [0.15, 0.2) is 0 Å². The number of ketones is 1. The second kappa shape index (κ2) is 4.72. The Kier molecular flexibility index (Phi) is 3.19. The Morgan fingerprint density at radius 1 is 1.42 bits per heavy atom. The van der Waals surface area contributed by atoms with Crippen LogP contribution in [0.15, 0.2) is 12.1 Å². The van der Waals surface area contributed by atoms with E-state index < -0.39 is 11.7 Å². The number of carbonyl (C=O) groups is 2. The number of nitrogens with zero attached hydrogens (tertiary/aromatic N) is 1. The van der Waals surface area contributed by atoms with Crippen molar-refractivity contribution in [3.63, 3.8) is 0 Å². The lowest BCUT2D eigenvalue weighted by atomic mass is 10.1. The highest BCUT2D eigenvalue weighted by Gasteiger charge is 2.31. The summed E-state index contributed by atoms with van der Waals surface area (Å²) in [5.41, 5.74) is 1.83. The molecule has 2 aliphatic heterocycles. The van der Waals surface area contributed by atoms with E-state index in [-0.39, 0.29) is 0 Å². The molecule has 1 unspecified atom stereocenters. The number of hydrogen-bond acceptors (Lipinski definition) is 4. The second-order valence-corrected chi connectivity index (χ2v) is 6.31. The first-order chi connectivity index (χ1) is 9.08. The third kappa shape index (κ3) is 2.11. The fourth-order valence-electron chi connectivity index (χ4n) is 2.46. The van der Waals surface area contributed by atoms with Crippen molar-refractivity contribution in [3.8, 4) is 0 Å². The third-order valence-corrected chi connectivity index (χ3v) is 4.96. The van der Waals surface area contributed by atoms with Gasteiger partial charge in [0.1, 0.15) is 0 Å². The van der Waals surface area contributed by atoms with Crippen molar-refractivity contribution in [2.75, 3.05) is 28.3 Å². The largest absolute Gasteiger partial charge is 0.366 e. The lowest BCUT2D eigenvalue weighted by Gasteiger charge is -2.35. The molecule has 1 N–H and O–H groups in total. The van der Waals surface area contributed by atoms with E-state index in [2.05, 4.69) is 17.1 Å². The highest BCUT2D eigenvalue weighted by molar-refractivity contribution is 7.99. The molecule has 2 aliphatic rings. The van der Waals surface area contributed by atoms with Gasteiger partial charge < -0.3 is 10.2 Å². The van der Waals surface area contributed by atoms with E-state index in [9.17, 15) is 9.59 Å². The number of anilines is 2. The standard InChI is InChI=1S/C13H13ClN2O2S/c1-7-6-19-3-2-16(7)11-5-10-8(4-9(11)14)12(17)13(18)15-10/h4-5,7H,2-3,6H2,1H3,(H,15,17,18). The maximum Gasteiger partial charge on any atom is 0.296 e. The number of hydrogen-bond donors (Lipinski definition) is 1. The molecule has 1 aromatic carbocycles. The SMILES string of the molecule is CC1CSCCN1c1cc2c(cc1Cl)C(=O)C(=O)N2. The molecule has 1 amide bonds. The fourth-order valence-corrected chi connectivity index (χ4v) is 3.75. The van der Waals surface area contributed by atoms with Crippen LogP contribution in [0.1, 0.15) is 17.3 Å². The molecule has 3 rings (SSSR count). The molecule has 1 aromatic rings. The molecule has 0 spiro atoms. The van der Waals surface area contributed by atoms with Crippen LogP contribution in [0.2, 0.25) is 5.02 Å². The minimum atomic E-state index is -0.578. The van der Waals surface area contributed by atoms with Crippen molar-refractivity contribution in [2.45, 2.75) is 13.0 Å². The zero-order valence-electron chi connectivity index (χ0n) is 10.4. The summed E-state index contributed by atoms with van der Waals surface area (Å²) >= 11 is 8.20. The molecule has 1 atom stereocenters. The van der Waals surface area contributed by atoms with Crippen molar-refractivity contribution in [1.29, 1.82) is 0 Å². The first kappa shape index (κ1) is 12.8. The molecule has 6 heteroatoms. The van der Waals surface area contributed by atoms with E-state index in [1.165, 1.54) is 0 Å². The maximum absolute atomic E-state index is 11.6. The molecule has 0 aromatic heterocycles. The number of halogens is 1. The quantitative estimate of drug-likeness (QED) is 0.809. The minimum Gasteiger partial charge on any atom is -0.366 e. The van der Waals surface area contributed by atoms with Crippen LogP contribution in [0.4, 0.5) is 11.4 Å². The fraction of sp³-hybridized carbons (Fsp3) is 0.385. The van der Waals surface area contributed by atoms with E-state index in [1.54, 1.807) is 6.07 Å². The number of nitrogens with one attached hydrogen (secondary N) is 1. The smallest absolute Gasteiger partial charge is 0.296 e. The van der Waals surface area contributed by atoms with Gasteiger partial charge in [0.2, 0.25) is 0 Å². The number of carbonyl (C=O) groups excluding carboxylic acids is 2. The van der Waals surface area contributed by atoms with Crippen LogP contribution in [0.25, 0.3) is 0 Å². The van der Waals surface area contributed by atoms with E-state index in [0.717, 1.165) is 23.7 Å². The van der Waals surface area contributed by atoms with Crippen LogP contribution in [-0.2, 0) is 4.79 Å². The Balaban J connectivity index is 2.02. The molecule has 0 radical (unpaired) electrons. The summed E-state index contributed by atoms with van der Waals surface area (Å²) < 4.78 is 0. The van der Waals surface area contributed by atoms with E-state index in [1.807, 2.05) is 17.8 Å². The molecule has 4 nitrogen and oxygen atoms in total. The van der Waals surface area contributed by atoms with Crippen LogP contribution in [0.3, 0.4) is 0 Å². The van der Waals surface area contributed by atoms with Crippen LogP contribution < -0.4 is 10.2 Å². The number of benzene rings is 1. The van der Waals surface area contributed by atoms with Gasteiger partial charge in [-0.05, 0) is 19.1 Å². The van der Waals surface area contributed by atoms with Gasteiger partial charge in [-0.25, -0.2) is 0 Å². The van der Waals surface area contributed by atoms with Gasteiger partial charge in [-0.1, -0.05) is 11.6 Å². The van der Waals surface area contributed by atoms with Crippen molar-refractivity contribution < 1.29 is 9.59 Å². The zero-order valence-corrected chi connectivity index (χ0v) is 12.0. The van der Waals surface area contributed by atoms with Gasteiger partial charge in [0.05, 0.1) is 22.0 Å². The molecular weight excluding hydrogens is 284 g/mol. The summed E-state index contributed by atoms with van der Waals surface area (Å²) in [6.45, 7) is 3.08. The van der Waals surface area contributed by atoms with Crippen molar-refractivity contribution in [3.05, 3.63) is 22.7 Å². The van der Waals surface area contributed by atoms with Gasteiger partial charge >= 0.3 is 0 Å². The average molecular weight is 297 g/mol. The number of thioether (sulfide) groups is 1. The highest BCUT2D eigenvalue weighted by atomic mass is 35.5. The Morgan fingerprint density at radius 2 is 2.21 bits per heavy atom. The van der Waals surface area contributed by atoms with Crippen LogP contribution in [0.5, 0.6) is 0 Å². The van der Waals surface area contributed by atoms with Gasteiger partial charge in [-0.3, -0.25) is 9.59 Å². The third-order valence-electron chi connectivity index (χ3n) is 3.46. The summed E-state index contributed by atoms with van der Waals surface area (Å²) in [6.07, 6.45) is 0. The predicted molar refractivity (Wildman–Crippen MR) is 78.5 cm³/mol. The van der Waals surface area contributed by atoms with Crippen molar-refractivity contribution in [2.24, 2.45) is 0 Å². The minimum absolute atomic E-state index is 0.373. The molecule has 0 aliphatic carbocycles. The first-order valence-corrected chi connectivity index (χ1v) is 7.65. The molecule has 19 heavy (non-hydrogen) atoms. The summed E-state index contributed by atoms with van der Waals surface area (Å²) in [4.78, 5) is 25.2. The molecule has 0 saturated carbocycles. The van der Waals surface area contributed by atoms with Gasteiger partial charge in [-0.2, -0.15) is 11.8 Å². The van der Waals surface area contributed by atoms with Gasteiger partial charge in [0.25, 0.3) is 11.7 Å². The second-order valence-electron chi connectivity index (χ2n) is 4.75. The van der Waals surface area contributed by atoms with Gasteiger partial charge in [-0.15, -0.1) is 0 Å². The molecule has 1 fully saturated rings. The van der Waals surface area contributed by atoms with E-state index in [4.69, 9.17) is 11.6 Å². The molecular formula is C13H13ClN2O2S. The van der Waals surface area contributed by atoms with Crippen molar-refractivity contribution >= 4 is 46.4 Å². The number of rotatable bonds is 1. The van der Waals surface area contributed by atoms with Crippen LogP contribution in [-0.4, -0.2) is 35.8 Å². The normalized spacial score (nSPS) is 22.4. The molecule has 2 heterocycles. The van der Waals surface area contributed by atoms with E-state index >= 15 is 0 Å². The summed E-state index contributed by atoms with van der Waals surface area (Å²) in [7, 11) is 0. The topological polar surface area (TPSA) is 49.4 Å². The first-order valence-electron chi connectivity index (χ1n) is 6.11. The van der Waals surface area contributed by atoms with Crippen LogP contribution in [0, 0.1) is 0 Å². The Labute approximate surface area is 120 Å².